The Kier molecular flexibility index (Phi) is 2.55. The van der Waals surface area contributed by atoms with Crippen molar-refractivity contribution in [3.8, 4) is 0 Å². The van der Waals surface area contributed by atoms with E-state index in [1.807, 2.05) is 48.5 Å². The number of hydrogen-bond acceptors (Lipinski definition) is 3. The minimum absolute atomic E-state index is 0.161. The molecule has 2 bridgehead atoms. The average molecular weight is 321 g/mol. The van der Waals surface area contributed by atoms with Crippen LogP contribution in [0.15, 0.2) is 54.6 Å². The zero-order valence-electron chi connectivity index (χ0n) is 12.8. The number of anilines is 1. The summed E-state index contributed by atoms with van der Waals surface area (Å²) < 4.78 is 5.94. The Balaban J connectivity index is 1.64. The maximum absolute atomic E-state index is 13.1. The first-order chi connectivity index (χ1) is 11.6. The summed E-state index contributed by atoms with van der Waals surface area (Å²) in [4.78, 5) is 26.4. The summed E-state index contributed by atoms with van der Waals surface area (Å²) in [7, 11) is 0. The lowest BCUT2D eigenvalue weighted by atomic mass is 9.77. The first kappa shape index (κ1) is 13.7. The second kappa shape index (κ2) is 4.45. The number of carbonyl (C=O) groups is 2. The van der Waals surface area contributed by atoms with Gasteiger partial charge < -0.3 is 14.7 Å². The average Bonchev–Trinajstić information content (AvgIpc) is 3.22. The van der Waals surface area contributed by atoms with Gasteiger partial charge in [0.15, 0.2) is 0 Å². The highest BCUT2D eigenvalue weighted by molar-refractivity contribution is 6.08. The number of carbonyl (C=O) groups excluding carboxylic acids is 1. The van der Waals surface area contributed by atoms with E-state index >= 15 is 0 Å². The Morgan fingerprint density at radius 1 is 1.21 bits per heavy atom. The van der Waals surface area contributed by atoms with E-state index in [0.717, 1.165) is 16.5 Å². The topological polar surface area (TPSA) is 66.8 Å². The van der Waals surface area contributed by atoms with Crippen LogP contribution < -0.4 is 4.90 Å². The van der Waals surface area contributed by atoms with E-state index < -0.39 is 29.5 Å². The molecule has 0 aliphatic carbocycles. The molecule has 5 rings (SSSR count). The third kappa shape index (κ3) is 1.57. The van der Waals surface area contributed by atoms with Crippen molar-refractivity contribution in [3.63, 3.8) is 0 Å². The molecule has 1 N–H and O–H groups in total. The molecule has 2 fully saturated rings. The minimum Gasteiger partial charge on any atom is -0.481 e. The molecule has 0 saturated carbocycles. The SMILES string of the molecule is O=C(O)[C@H]1[C@@H]2C=C[C@]3(CN(c4cccc5ccccc45)C(=O)[C@@H]13)O2. The number of fused-ring (bicyclic) bond motifs is 2. The third-order valence-electron chi connectivity index (χ3n) is 5.44. The number of benzene rings is 2. The van der Waals surface area contributed by atoms with Crippen LogP contribution in [0, 0.1) is 11.8 Å². The molecule has 5 nitrogen and oxygen atoms in total. The van der Waals surface area contributed by atoms with Crippen molar-refractivity contribution in [2.24, 2.45) is 11.8 Å². The molecular weight excluding hydrogens is 306 g/mol. The molecule has 0 radical (unpaired) electrons. The van der Waals surface area contributed by atoms with Crippen LogP contribution in [0.25, 0.3) is 10.8 Å². The molecule has 24 heavy (non-hydrogen) atoms. The van der Waals surface area contributed by atoms with Crippen LogP contribution in [0.4, 0.5) is 5.69 Å². The van der Waals surface area contributed by atoms with Crippen LogP contribution in [0.5, 0.6) is 0 Å². The minimum atomic E-state index is -0.968. The van der Waals surface area contributed by atoms with Gasteiger partial charge in [0.05, 0.1) is 24.3 Å². The van der Waals surface area contributed by atoms with Gasteiger partial charge in [-0.3, -0.25) is 9.59 Å². The fourth-order valence-electron chi connectivity index (χ4n) is 4.43. The number of ether oxygens (including phenoxy) is 1. The smallest absolute Gasteiger partial charge is 0.310 e. The molecule has 120 valence electrons. The predicted molar refractivity (Wildman–Crippen MR) is 87.7 cm³/mol. The molecule has 0 aromatic heterocycles. The second-order valence-corrected chi connectivity index (χ2v) is 6.66. The maximum Gasteiger partial charge on any atom is 0.310 e. The Bertz CT molecular complexity index is 915. The number of nitrogens with zero attached hydrogens (tertiary/aromatic N) is 1. The summed E-state index contributed by atoms with van der Waals surface area (Å²) in [6.07, 6.45) is 3.17. The van der Waals surface area contributed by atoms with Crippen LogP contribution in [0.3, 0.4) is 0 Å². The van der Waals surface area contributed by atoms with E-state index in [2.05, 4.69) is 0 Å². The molecule has 3 aliphatic heterocycles. The van der Waals surface area contributed by atoms with Crippen molar-refractivity contribution in [2.75, 3.05) is 11.4 Å². The number of amides is 1. The highest BCUT2D eigenvalue weighted by Gasteiger charge is 2.67. The molecule has 3 aliphatic rings. The zero-order chi connectivity index (χ0) is 16.5. The molecule has 2 aromatic rings. The molecule has 1 amide bonds. The van der Waals surface area contributed by atoms with Crippen molar-refractivity contribution in [1.29, 1.82) is 0 Å². The van der Waals surface area contributed by atoms with Gasteiger partial charge in [0.2, 0.25) is 5.91 Å². The molecule has 1 spiro atoms. The van der Waals surface area contributed by atoms with Crippen molar-refractivity contribution in [3.05, 3.63) is 54.6 Å². The first-order valence-electron chi connectivity index (χ1n) is 8.00. The summed E-state index contributed by atoms with van der Waals surface area (Å²) in [5.41, 5.74) is 0.00772. The first-order valence-corrected chi connectivity index (χ1v) is 8.00. The lowest BCUT2D eigenvalue weighted by Gasteiger charge is -2.22. The van der Waals surface area contributed by atoms with Gasteiger partial charge in [-0.1, -0.05) is 48.6 Å². The van der Waals surface area contributed by atoms with E-state index in [1.54, 1.807) is 11.0 Å². The van der Waals surface area contributed by atoms with Gasteiger partial charge in [-0.25, -0.2) is 0 Å². The van der Waals surface area contributed by atoms with Crippen molar-refractivity contribution < 1.29 is 19.4 Å². The number of hydrogen-bond donors (Lipinski definition) is 1. The summed E-state index contributed by atoms with van der Waals surface area (Å²) in [5.74, 6) is -2.58. The van der Waals surface area contributed by atoms with Gasteiger partial charge in [0.25, 0.3) is 0 Å². The molecule has 2 saturated heterocycles. The third-order valence-corrected chi connectivity index (χ3v) is 5.44. The van der Waals surface area contributed by atoms with Crippen LogP contribution >= 0.6 is 0 Å². The maximum atomic E-state index is 13.1. The summed E-state index contributed by atoms with van der Waals surface area (Å²) in [6.45, 7) is 0.362. The Hall–Kier alpha value is -2.66. The van der Waals surface area contributed by atoms with Gasteiger partial charge in [-0.15, -0.1) is 0 Å². The molecule has 2 aromatic carbocycles. The summed E-state index contributed by atoms with van der Waals surface area (Å²) in [5, 5.41) is 11.6. The van der Waals surface area contributed by atoms with Crippen LogP contribution in [0.2, 0.25) is 0 Å². The number of carboxylic acid groups (broad SMARTS) is 1. The fourth-order valence-corrected chi connectivity index (χ4v) is 4.43. The Morgan fingerprint density at radius 3 is 2.83 bits per heavy atom. The standard InChI is InChI=1S/C19H15NO4/c21-17-16-15(18(22)23)14-8-9-19(16,24-14)10-20(17)13-7-3-5-11-4-1-2-6-12(11)13/h1-9,14-16H,10H2,(H,22,23)/t14-,15-,16+,19+/m0/s1. The van der Waals surface area contributed by atoms with Gasteiger partial charge in [-0.2, -0.15) is 0 Å². The van der Waals surface area contributed by atoms with E-state index in [1.165, 1.54) is 0 Å². The van der Waals surface area contributed by atoms with Crippen molar-refractivity contribution in [2.45, 2.75) is 11.7 Å². The van der Waals surface area contributed by atoms with Gasteiger partial charge >= 0.3 is 5.97 Å². The van der Waals surface area contributed by atoms with Crippen LogP contribution in [-0.2, 0) is 14.3 Å². The van der Waals surface area contributed by atoms with E-state index in [0.29, 0.717) is 6.54 Å². The molecule has 0 unspecified atom stereocenters. The van der Waals surface area contributed by atoms with E-state index in [-0.39, 0.29) is 5.91 Å². The number of rotatable bonds is 2. The van der Waals surface area contributed by atoms with Crippen molar-refractivity contribution in [1.82, 2.24) is 0 Å². The van der Waals surface area contributed by atoms with Gasteiger partial charge in [-0.05, 0) is 11.5 Å². The largest absolute Gasteiger partial charge is 0.481 e. The lowest BCUT2D eigenvalue weighted by molar-refractivity contribution is -0.146. The molecule has 3 heterocycles. The van der Waals surface area contributed by atoms with Crippen molar-refractivity contribution >= 4 is 28.3 Å². The number of aliphatic carboxylic acids is 1. The second-order valence-electron chi connectivity index (χ2n) is 6.66. The normalized spacial score (nSPS) is 33.4. The highest BCUT2D eigenvalue weighted by Crippen LogP contribution is 2.53. The van der Waals surface area contributed by atoms with E-state index in [9.17, 15) is 14.7 Å². The van der Waals surface area contributed by atoms with Gasteiger partial charge in [0, 0.05) is 5.39 Å². The quantitative estimate of drug-likeness (QED) is 0.861. The predicted octanol–water partition coefficient (Wildman–Crippen LogP) is 2.21. The fraction of sp³-hybridized carbons (Fsp3) is 0.263. The monoisotopic (exact) mass is 321 g/mol. The van der Waals surface area contributed by atoms with Crippen LogP contribution in [0.1, 0.15) is 0 Å². The Labute approximate surface area is 138 Å². The molecular formula is C19H15NO4. The molecule has 4 atom stereocenters. The summed E-state index contributed by atoms with van der Waals surface area (Å²) >= 11 is 0. The highest BCUT2D eigenvalue weighted by atomic mass is 16.5. The molecule has 5 heteroatoms. The number of carboxylic acids is 1. The van der Waals surface area contributed by atoms with Crippen LogP contribution in [-0.4, -0.2) is 35.2 Å². The Morgan fingerprint density at radius 2 is 2.00 bits per heavy atom. The van der Waals surface area contributed by atoms with Gasteiger partial charge in [0.1, 0.15) is 11.5 Å². The lowest BCUT2D eigenvalue weighted by Crippen LogP contribution is -2.39. The van der Waals surface area contributed by atoms with E-state index in [4.69, 9.17) is 4.74 Å². The summed E-state index contributed by atoms with van der Waals surface area (Å²) in [6, 6.07) is 13.7. The zero-order valence-corrected chi connectivity index (χ0v) is 12.8.